The average Bonchev–Trinajstić information content (AvgIpc) is 2.47. The van der Waals surface area contributed by atoms with Gasteiger partial charge in [0.2, 0.25) is 5.95 Å². The number of anilines is 2. The highest BCUT2D eigenvalue weighted by Gasteiger charge is 2.24. The Morgan fingerprint density at radius 2 is 1.95 bits per heavy atom. The van der Waals surface area contributed by atoms with E-state index in [1.807, 2.05) is 25.1 Å². The number of amides is 2. The van der Waals surface area contributed by atoms with Crippen LogP contribution in [-0.4, -0.2) is 21.8 Å². The van der Waals surface area contributed by atoms with Crippen LogP contribution in [0.2, 0.25) is 0 Å². The van der Waals surface area contributed by atoms with Crippen LogP contribution < -0.4 is 10.6 Å². The molecule has 0 fully saturated rings. The van der Waals surface area contributed by atoms with Crippen LogP contribution in [0.25, 0.3) is 0 Å². The highest BCUT2D eigenvalue weighted by Crippen LogP contribution is 2.24. The van der Waals surface area contributed by atoms with Crippen LogP contribution in [-0.2, 0) is 6.42 Å². The van der Waals surface area contributed by atoms with Gasteiger partial charge in [-0.3, -0.25) is 10.1 Å². The number of fused-ring (bicyclic) bond motifs is 1. The third-order valence-electron chi connectivity index (χ3n) is 3.50. The van der Waals surface area contributed by atoms with Gasteiger partial charge in [0, 0.05) is 18.3 Å². The van der Waals surface area contributed by atoms with Gasteiger partial charge in [-0.05, 0) is 24.5 Å². The molecule has 2 aromatic rings. The van der Waals surface area contributed by atoms with Gasteiger partial charge < -0.3 is 5.32 Å². The van der Waals surface area contributed by atoms with Gasteiger partial charge in [0.05, 0.1) is 11.3 Å². The summed E-state index contributed by atoms with van der Waals surface area (Å²) in [4.78, 5) is 32.1. The highest BCUT2D eigenvalue weighted by atomic mass is 16.2. The number of ketones is 1. The van der Waals surface area contributed by atoms with Crippen molar-refractivity contribution in [3.05, 3.63) is 47.8 Å². The maximum atomic E-state index is 11.9. The van der Waals surface area contributed by atoms with Gasteiger partial charge in [-0.1, -0.05) is 25.1 Å². The lowest BCUT2D eigenvalue weighted by molar-refractivity contribution is 0.0951. The molecule has 2 amide bonds. The van der Waals surface area contributed by atoms with Crippen LogP contribution in [0, 0.1) is 5.92 Å². The molecule has 0 aliphatic heterocycles. The Hall–Kier alpha value is -2.76. The monoisotopic (exact) mass is 296 g/mol. The first-order valence-corrected chi connectivity index (χ1v) is 7.14. The van der Waals surface area contributed by atoms with E-state index in [-0.39, 0.29) is 17.6 Å². The van der Waals surface area contributed by atoms with Crippen LogP contribution in [0.4, 0.5) is 16.4 Å². The third kappa shape index (κ3) is 3.11. The second-order valence-electron chi connectivity index (χ2n) is 5.44. The summed E-state index contributed by atoms with van der Waals surface area (Å²) in [6.45, 7) is 2.01. The molecule has 0 bridgehead atoms. The van der Waals surface area contributed by atoms with Crippen molar-refractivity contribution in [1.82, 2.24) is 9.97 Å². The third-order valence-corrected chi connectivity index (χ3v) is 3.50. The number of para-hydroxylation sites is 1. The summed E-state index contributed by atoms with van der Waals surface area (Å²) in [6.07, 6.45) is 2.74. The van der Waals surface area contributed by atoms with E-state index in [4.69, 9.17) is 0 Å². The van der Waals surface area contributed by atoms with Crippen LogP contribution >= 0.6 is 0 Å². The molecule has 0 saturated carbocycles. The van der Waals surface area contributed by atoms with E-state index in [1.165, 1.54) is 6.20 Å². The van der Waals surface area contributed by atoms with E-state index in [1.54, 1.807) is 12.1 Å². The Bertz CT molecular complexity index is 715. The van der Waals surface area contributed by atoms with Gasteiger partial charge in [0.25, 0.3) is 0 Å². The van der Waals surface area contributed by atoms with Crippen molar-refractivity contribution in [2.24, 2.45) is 5.92 Å². The Labute approximate surface area is 128 Å². The standard InChI is InChI=1S/C16H16N4O2/c1-10-7-13-12(14(21)8-10)9-17-15(19-13)20-16(22)18-11-5-3-2-4-6-11/h2-6,9-10H,7-8H2,1H3,(H2,17,18,19,20,22). The lowest BCUT2D eigenvalue weighted by Crippen LogP contribution is -2.24. The molecule has 0 saturated heterocycles. The maximum Gasteiger partial charge on any atom is 0.326 e. The summed E-state index contributed by atoms with van der Waals surface area (Å²) in [5.74, 6) is 0.531. The molecule has 1 aliphatic rings. The lowest BCUT2D eigenvalue weighted by Gasteiger charge is -2.19. The van der Waals surface area contributed by atoms with Crippen LogP contribution in [0.3, 0.4) is 0 Å². The van der Waals surface area contributed by atoms with Gasteiger partial charge in [-0.2, -0.15) is 0 Å². The topological polar surface area (TPSA) is 84.0 Å². The summed E-state index contributed by atoms with van der Waals surface area (Å²) in [7, 11) is 0. The van der Waals surface area contributed by atoms with Crippen molar-refractivity contribution < 1.29 is 9.59 Å². The molecule has 2 N–H and O–H groups in total. The van der Waals surface area contributed by atoms with Crippen LogP contribution in [0.5, 0.6) is 0 Å². The molecule has 3 rings (SSSR count). The second-order valence-corrected chi connectivity index (χ2v) is 5.44. The van der Waals surface area contributed by atoms with Gasteiger partial charge in [-0.25, -0.2) is 14.8 Å². The van der Waals surface area contributed by atoms with E-state index in [0.29, 0.717) is 23.4 Å². The normalized spacial score (nSPS) is 16.8. The Morgan fingerprint density at radius 1 is 1.18 bits per heavy atom. The number of rotatable bonds is 2. The van der Waals surface area contributed by atoms with Crippen molar-refractivity contribution in [3.8, 4) is 0 Å². The van der Waals surface area contributed by atoms with E-state index in [9.17, 15) is 9.59 Å². The number of urea groups is 1. The van der Waals surface area contributed by atoms with E-state index >= 15 is 0 Å². The fraction of sp³-hybridized carbons (Fsp3) is 0.250. The summed E-state index contributed by atoms with van der Waals surface area (Å²) in [5.41, 5.74) is 1.95. The summed E-state index contributed by atoms with van der Waals surface area (Å²) in [6, 6.07) is 8.69. The van der Waals surface area contributed by atoms with Crippen molar-refractivity contribution >= 4 is 23.5 Å². The molecule has 6 heteroatoms. The van der Waals surface area contributed by atoms with Crippen molar-refractivity contribution in [2.45, 2.75) is 19.8 Å². The van der Waals surface area contributed by atoms with Gasteiger partial charge in [-0.15, -0.1) is 0 Å². The number of carbonyl (C=O) groups excluding carboxylic acids is 2. The number of benzene rings is 1. The molecule has 112 valence electrons. The summed E-state index contributed by atoms with van der Waals surface area (Å²) >= 11 is 0. The number of nitrogens with one attached hydrogen (secondary N) is 2. The maximum absolute atomic E-state index is 11.9. The van der Waals surface area contributed by atoms with E-state index < -0.39 is 6.03 Å². The predicted molar refractivity (Wildman–Crippen MR) is 82.9 cm³/mol. The highest BCUT2D eigenvalue weighted by molar-refractivity contribution is 6.00. The SMILES string of the molecule is CC1CC(=O)c2cnc(NC(=O)Nc3ccccc3)nc2C1. The number of Topliss-reactive ketones (excluding diaryl/α,β-unsaturated/α-hetero) is 1. The van der Waals surface area contributed by atoms with E-state index in [2.05, 4.69) is 20.6 Å². The smallest absolute Gasteiger partial charge is 0.308 e. The second kappa shape index (κ2) is 5.93. The lowest BCUT2D eigenvalue weighted by atomic mass is 9.88. The molecule has 1 aromatic heterocycles. The van der Waals surface area contributed by atoms with Gasteiger partial charge >= 0.3 is 6.03 Å². The fourth-order valence-electron chi connectivity index (χ4n) is 2.48. The number of nitrogens with zero attached hydrogens (tertiary/aromatic N) is 2. The molecule has 1 atom stereocenters. The summed E-state index contributed by atoms with van der Waals surface area (Å²) in [5, 5.41) is 5.28. The number of hydrogen-bond donors (Lipinski definition) is 2. The Balaban J connectivity index is 1.72. The Kier molecular flexibility index (Phi) is 3.82. The minimum absolute atomic E-state index is 0.0639. The fourth-order valence-corrected chi connectivity index (χ4v) is 2.48. The number of carbonyl (C=O) groups is 2. The van der Waals surface area contributed by atoms with Gasteiger partial charge in [0.1, 0.15) is 0 Å². The average molecular weight is 296 g/mol. The molecule has 1 unspecified atom stereocenters. The van der Waals surface area contributed by atoms with Crippen molar-refractivity contribution in [1.29, 1.82) is 0 Å². The molecule has 0 radical (unpaired) electrons. The first kappa shape index (κ1) is 14.2. The van der Waals surface area contributed by atoms with Crippen LogP contribution in [0.1, 0.15) is 29.4 Å². The zero-order valence-corrected chi connectivity index (χ0v) is 12.2. The molecule has 1 heterocycles. The van der Waals surface area contributed by atoms with E-state index in [0.717, 1.165) is 6.42 Å². The minimum atomic E-state index is -0.415. The number of hydrogen-bond acceptors (Lipinski definition) is 4. The zero-order chi connectivity index (χ0) is 15.5. The molecule has 1 aliphatic carbocycles. The molecule has 1 aromatic carbocycles. The first-order chi connectivity index (χ1) is 10.6. The predicted octanol–water partition coefficient (Wildman–Crippen LogP) is 2.89. The molecule has 6 nitrogen and oxygen atoms in total. The van der Waals surface area contributed by atoms with Crippen molar-refractivity contribution in [3.63, 3.8) is 0 Å². The zero-order valence-electron chi connectivity index (χ0n) is 12.2. The van der Waals surface area contributed by atoms with Crippen molar-refractivity contribution in [2.75, 3.05) is 10.6 Å². The summed E-state index contributed by atoms with van der Waals surface area (Å²) < 4.78 is 0. The molecule has 22 heavy (non-hydrogen) atoms. The molecule has 0 spiro atoms. The Morgan fingerprint density at radius 3 is 2.73 bits per heavy atom. The van der Waals surface area contributed by atoms with Gasteiger partial charge in [0.15, 0.2) is 5.78 Å². The number of aromatic nitrogens is 2. The van der Waals surface area contributed by atoms with Crippen LogP contribution in [0.15, 0.2) is 36.5 Å². The quantitative estimate of drug-likeness (QED) is 0.892. The largest absolute Gasteiger partial charge is 0.326 e. The molecular weight excluding hydrogens is 280 g/mol. The first-order valence-electron chi connectivity index (χ1n) is 7.14. The minimum Gasteiger partial charge on any atom is -0.308 e. The molecular formula is C16H16N4O2.